The van der Waals surface area contributed by atoms with Crippen molar-refractivity contribution in [3.63, 3.8) is 0 Å². The van der Waals surface area contributed by atoms with Crippen LogP contribution in [0.25, 0.3) is 10.8 Å². The number of benzene rings is 2. The zero-order valence-electron chi connectivity index (χ0n) is 14.4. The second-order valence-electron chi connectivity index (χ2n) is 6.86. The molecule has 2 heterocycles. The minimum Gasteiger partial charge on any atom is -0.493 e. The lowest BCUT2D eigenvalue weighted by Gasteiger charge is -2.40. The second-order valence-corrected chi connectivity index (χ2v) is 6.86. The number of hydrogen-bond acceptors (Lipinski definition) is 4. The van der Waals surface area contributed by atoms with Crippen molar-refractivity contribution in [3.05, 3.63) is 30.3 Å². The fourth-order valence-corrected chi connectivity index (χ4v) is 4.24. The van der Waals surface area contributed by atoms with Gasteiger partial charge < -0.3 is 19.5 Å². The van der Waals surface area contributed by atoms with E-state index < -0.39 is 0 Å². The van der Waals surface area contributed by atoms with Gasteiger partial charge in [0.15, 0.2) is 11.5 Å². The molecule has 0 saturated carbocycles. The molecule has 4 heteroatoms. The van der Waals surface area contributed by atoms with E-state index in [0.29, 0.717) is 18.2 Å². The molecule has 2 aliphatic rings. The summed E-state index contributed by atoms with van der Waals surface area (Å²) in [6.07, 6.45) is 6.38. The molecule has 2 fully saturated rings. The van der Waals surface area contributed by atoms with Crippen molar-refractivity contribution in [2.24, 2.45) is 0 Å². The van der Waals surface area contributed by atoms with Crippen LogP contribution in [0.5, 0.6) is 17.2 Å². The molecule has 1 N–H and O–H groups in total. The number of nitrogens with one attached hydrogen (secondary N) is 1. The van der Waals surface area contributed by atoms with Crippen LogP contribution in [0, 0.1) is 0 Å². The molecule has 0 aliphatic carbocycles. The van der Waals surface area contributed by atoms with Crippen molar-refractivity contribution in [2.75, 3.05) is 14.2 Å². The van der Waals surface area contributed by atoms with Gasteiger partial charge in [0.25, 0.3) is 0 Å². The Hall–Kier alpha value is -1.94. The lowest BCUT2D eigenvalue weighted by molar-refractivity contribution is 0.0939. The molecule has 4 nitrogen and oxygen atoms in total. The zero-order chi connectivity index (χ0) is 16.5. The van der Waals surface area contributed by atoms with Gasteiger partial charge in [-0.05, 0) is 43.9 Å². The molecule has 128 valence electrons. The minimum atomic E-state index is 0.292. The van der Waals surface area contributed by atoms with Gasteiger partial charge in [-0.15, -0.1) is 0 Å². The van der Waals surface area contributed by atoms with Gasteiger partial charge in [-0.2, -0.15) is 0 Å². The summed E-state index contributed by atoms with van der Waals surface area (Å²) in [4.78, 5) is 0. The summed E-state index contributed by atoms with van der Waals surface area (Å²) in [5.74, 6) is 2.46. The van der Waals surface area contributed by atoms with Crippen LogP contribution >= 0.6 is 0 Å². The molecule has 24 heavy (non-hydrogen) atoms. The zero-order valence-corrected chi connectivity index (χ0v) is 14.4. The first-order chi connectivity index (χ1) is 11.8. The van der Waals surface area contributed by atoms with Crippen molar-refractivity contribution < 1.29 is 14.2 Å². The van der Waals surface area contributed by atoms with Crippen LogP contribution in [0.4, 0.5) is 0 Å². The van der Waals surface area contributed by atoms with Gasteiger partial charge in [-0.3, -0.25) is 0 Å². The van der Waals surface area contributed by atoms with Gasteiger partial charge in [-0.1, -0.05) is 18.6 Å². The van der Waals surface area contributed by atoms with Crippen LogP contribution in [0.2, 0.25) is 0 Å². The highest BCUT2D eigenvalue weighted by atomic mass is 16.5. The maximum atomic E-state index is 6.44. The van der Waals surface area contributed by atoms with Gasteiger partial charge in [0.1, 0.15) is 11.9 Å². The topological polar surface area (TPSA) is 39.7 Å². The maximum Gasteiger partial charge on any atom is 0.168 e. The van der Waals surface area contributed by atoms with E-state index in [4.69, 9.17) is 14.2 Å². The third-order valence-corrected chi connectivity index (χ3v) is 5.32. The average Bonchev–Trinajstić information content (AvgIpc) is 2.60. The Morgan fingerprint density at radius 3 is 2.38 bits per heavy atom. The fraction of sp³-hybridized carbons (Fsp3) is 0.500. The predicted molar refractivity (Wildman–Crippen MR) is 95.3 cm³/mol. The van der Waals surface area contributed by atoms with E-state index in [1.807, 2.05) is 12.1 Å². The van der Waals surface area contributed by atoms with Gasteiger partial charge in [0.05, 0.1) is 14.2 Å². The predicted octanol–water partition coefficient (Wildman–Crippen LogP) is 3.91. The first kappa shape index (κ1) is 15.6. The van der Waals surface area contributed by atoms with Crippen molar-refractivity contribution in [2.45, 2.75) is 50.3 Å². The van der Waals surface area contributed by atoms with Crippen LogP contribution in [-0.2, 0) is 0 Å². The highest BCUT2D eigenvalue weighted by Crippen LogP contribution is 2.40. The summed E-state index contributed by atoms with van der Waals surface area (Å²) in [6.45, 7) is 0. The van der Waals surface area contributed by atoms with E-state index in [-0.39, 0.29) is 0 Å². The van der Waals surface area contributed by atoms with E-state index >= 15 is 0 Å². The van der Waals surface area contributed by atoms with E-state index in [1.54, 1.807) is 14.2 Å². The van der Waals surface area contributed by atoms with Crippen LogP contribution in [0.3, 0.4) is 0 Å². The molecule has 2 saturated heterocycles. The molecule has 3 atom stereocenters. The highest BCUT2D eigenvalue weighted by molar-refractivity contribution is 5.95. The van der Waals surface area contributed by atoms with Crippen molar-refractivity contribution in [1.29, 1.82) is 0 Å². The van der Waals surface area contributed by atoms with Crippen molar-refractivity contribution in [3.8, 4) is 17.2 Å². The molecule has 0 radical (unpaired) electrons. The summed E-state index contributed by atoms with van der Waals surface area (Å²) >= 11 is 0. The standard InChI is InChI=1S/C20H25NO3/c1-22-19-10-9-16-17(20(19)23-2)7-4-8-18(16)24-15-11-13-5-3-6-14(12-15)21-13/h4,7-10,13-15,21H,3,5-6,11-12H2,1-2H3/t13-,14+,15?. The first-order valence-corrected chi connectivity index (χ1v) is 8.85. The number of hydrogen-bond donors (Lipinski definition) is 1. The summed E-state index contributed by atoms with van der Waals surface area (Å²) < 4.78 is 17.4. The van der Waals surface area contributed by atoms with Gasteiger partial charge in [-0.25, -0.2) is 0 Å². The van der Waals surface area contributed by atoms with Crippen LogP contribution in [-0.4, -0.2) is 32.4 Å². The Labute approximate surface area is 143 Å². The summed E-state index contributed by atoms with van der Waals surface area (Å²) in [5.41, 5.74) is 0. The Morgan fingerprint density at radius 2 is 1.67 bits per heavy atom. The van der Waals surface area contributed by atoms with E-state index in [1.165, 1.54) is 19.3 Å². The van der Waals surface area contributed by atoms with Gasteiger partial charge in [0.2, 0.25) is 0 Å². The molecular weight excluding hydrogens is 302 g/mol. The van der Waals surface area contributed by atoms with Crippen LogP contribution < -0.4 is 19.5 Å². The number of fused-ring (bicyclic) bond motifs is 3. The fourth-order valence-electron chi connectivity index (χ4n) is 4.24. The number of methoxy groups -OCH3 is 2. The molecule has 2 aliphatic heterocycles. The summed E-state index contributed by atoms with van der Waals surface area (Å²) in [6, 6.07) is 11.4. The van der Waals surface area contributed by atoms with E-state index in [0.717, 1.165) is 40.9 Å². The molecule has 2 aromatic carbocycles. The largest absolute Gasteiger partial charge is 0.493 e. The Bertz CT molecular complexity index is 718. The molecular formula is C20H25NO3. The normalized spacial score (nSPS) is 26.2. The average molecular weight is 327 g/mol. The van der Waals surface area contributed by atoms with Crippen molar-refractivity contribution >= 4 is 10.8 Å². The number of piperidine rings is 2. The molecule has 4 rings (SSSR count). The maximum absolute atomic E-state index is 6.44. The summed E-state index contributed by atoms with van der Waals surface area (Å²) in [7, 11) is 3.34. The van der Waals surface area contributed by atoms with E-state index in [2.05, 4.69) is 23.5 Å². The minimum absolute atomic E-state index is 0.292. The number of ether oxygens (including phenoxy) is 3. The highest BCUT2D eigenvalue weighted by Gasteiger charge is 2.32. The molecule has 0 aromatic heterocycles. The smallest absolute Gasteiger partial charge is 0.168 e. The lowest BCUT2D eigenvalue weighted by atomic mass is 9.85. The van der Waals surface area contributed by atoms with Gasteiger partial charge >= 0.3 is 0 Å². The molecule has 0 spiro atoms. The molecule has 2 aromatic rings. The SMILES string of the molecule is COc1ccc2c(OC3C[C@H]4CCC[C@@H](C3)N4)cccc2c1OC. The monoisotopic (exact) mass is 327 g/mol. The van der Waals surface area contributed by atoms with Crippen LogP contribution in [0.15, 0.2) is 30.3 Å². The van der Waals surface area contributed by atoms with E-state index in [9.17, 15) is 0 Å². The Balaban J connectivity index is 1.65. The van der Waals surface area contributed by atoms with Crippen LogP contribution in [0.1, 0.15) is 32.1 Å². The first-order valence-electron chi connectivity index (χ1n) is 8.85. The summed E-state index contributed by atoms with van der Waals surface area (Å²) in [5, 5.41) is 5.84. The Kier molecular flexibility index (Phi) is 4.23. The Morgan fingerprint density at radius 1 is 0.875 bits per heavy atom. The van der Waals surface area contributed by atoms with Crippen molar-refractivity contribution in [1.82, 2.24) is 5.32 Å². The van der Waals surface area contributed by atoms with Gasteiger partial charge in [0, 0.05) is 22.9 Å². The quantitative estimate of drug-likeness (QED) is 0.924. The number of rotatable bonds is 4. The molecule has 2 bridgehead atoms. The third-order valence-electron chi connectivity index (χ3n) is 5.32. The molecule has 1 unspecified atom stereocenters. The third kappa shape index (κ3) is 2.80. The molecule has 0 amide bonds. The lowest BCUT2D eigenvalue weighted by Crippen LogP contribution is -2.51. The second kappa shape index (κ2) is 6.52.